The van der Waals surface area contributed by atoms with Gasteiger partial charge in [-0.05, 0) is 44.5 Å². The molecule has 1 aromatic rings. The SMILES string of the molecule is CN(C)c1cc(CO)c(O)c2c1C[C@H]1C[C@H]3C(N(C)C)C(=O)C(C(N)=O)C(=O)[C@@]3(O)C(=O)C1C2=O. The fourth-order valence-corrected chi connectivity index (χ4v) is 6.23. The summed E-state index contributed by atoms with van der Waals surface area (Å²) in [6.45, 7) is -0.549. The highest BCUT2D eigenvalue weighted by atomic mass is 16.3. The molecule has 0 aliphatic heterocycles. The van der Waals surface area contributed by atoms with Crippen LogP contribution in [0.1, 0.15) is 27.9 Å². The van der Waals surface area contributed by atoms with Gasteiger partial charge in [0.25, 0.3) is 0 Å². The lowest BCUT2D eigenvalue weighted by Gasteiger charge is -2.52. The molecular formula is C24H29N3O8. The molecule has 5 N–H and O–H groups in total. The van der Waals surface area contributed by atoms with Crippen molar-refractivity contribution < 1.29 is 39.3 Å². The average molecular weight is 488 g/mol. The molecule has 4 rings (SSSR count). The van der Waals surface area contributed by atoms with Gasteiger partial charge in [0, 0.05) is 31.3 Å². The number of amides is 1. The number of aromatic hydroxyl groups is 1. The second-order valence-corrected chi connectivity index (χ2v) is 10.1. The summed E-state index contributed by atoms with van der Waals surface area (Å²) in [4.78, 5) is 68.9. The van der Waals surface area contributed by atoms with Crippen molar-refractivity contribution in [3.63, 3.8) is 0 Å². The number of rotatable bonds is 4. The Hall–Kier alpha value is -3.15. The van der Waals surface area contributed by atoms with Crippen LogP contribution in [0, 0.1) is 23.7 Å². The van der Waals surface area contributed by atoms with Crippen LogP contribution in [0.2, 0.25) is 0 Å². The van der Waals surface area contributed by atoms with Crippen LogP contribution in [0.4, 0.5) is 5.69 Å². The van der Waals surface area contributed by atoms with E-state index in [1.54, 1.807) is 25.1 Å². The van der Waals surface area contributed by atoms with Crippen molar-refractivity contribution in [1.29, 1.82) is 0 Å². The Labute approximate surface area is 201 Å². The fourth-order valence-electron chi connectivity index (χ4n) is 6.23. The minimum Gasteiger partial charge on any atom is -0.507 e. The number of fused-ring (bicyclic) bond motifs is 3. The Balaban J connectivity index is 1.91. The highest BCUT2D eigenvalue weighted by molar-refractivity contribution is 6.32. The monoisotopic (exact) mass is 487 g/mol. The summed E-state index contributed by atoms with van der Waals surface area (Å²) in [6.07, 6.45) is 0.151. The maximum atomic E-state index is 13.8. The molecule has 11 heteroatoms. The van der Waals surface area contributed by atoms with Crippen molar-refractivity contribution in [2.45, 2.75) is 31.1 Å². The number of anilines is 1. The molecule has 3 aliphatic carbocycles. The number of aliphatic hydroxyl groups excluding tert-OH is 1. The molecule has 2 saturated carbocycles. The number of hydrogen-bond donors (Lipinski definition) is 4. The summed E-state index contributed by atoms with van der Waals surface area (Å²) in [6, 6.07) is 0.423. The lowest BCUT2D eigenvalue weighted by atomic mass is 9.52. The molecule has 3 aliphatic rings. The highest BCUT2D eigenvalue weighted by Gasteiger charge is 2.69. The van der Waals surface area contributed by atoms with Crippen LogP contribution < -0.4 is 10.6 Å². The number of likely N-dealkylation sites (N-methyl/N-ethyl adjacent to an activating group) is 1. The molecule has 188 valence electrons. The van der Waals surface area contributed by atoms with Crippen molar-refractivity contribution in [1.82, 2.24) is 4.90 Å². The molecule has 0 heterocycles. The number of Topliss-reactive ketones (excluding diaryl/α,β-unsaturated/α-hetero) is 4. The lowest BCUT2D eigenvalue weighted by Crippen LogP contribution is -2.74. The number of aliphatic hydroxyl groups is 2. The molecule has 0 saturated heterocycles. The number of ketones is 4. The maximum absolute atomic E-state index is 13.8. The molecule has 35 heavy (non-hydrogen) atoms. The molecule has 0 aromatic heterocycles. The van der Waals surface area contributed by atoms with Gasteiger partial charge >= 0.3 is 0 Å². The molecule has 6 atom stereocenters. The van der Waals surface area contributed by atoms with E-state index >= 15 is 0 Å². The van der Waals surface area contributed by atoms with Crippen molar-refractivity contribution in [2.24, 2.45) is 29.4 Å². The zero-order chi connectivity index (χ0) is 26.1. The quantitative estimate of drug-likeness (QED) is 0.362. The standard InChI is InChI=1S/C24H29N3O8/c1-26(2)13-7-10(8-28)18(29)15-11(13)5-9-6-12-17(27(3)4)20(31)16(23(25)34)22(33)24(12,35)21(32)14(9)19(15)30/h7,9,12,14,16-17,28-29,35H,5-6,8H2,1-4H3,(H2,25,34)/t9-,12-,14?,16?,17?,24-/m0/s1. The first-order valence-corrected chi connectivity index (χ1v) is 11.3. The van der Waals surface area contributed by atoms with E-state index in [1.807, 2.05) is 0 Å². The summed E-state index contributed by atoms with van der Waals surface area (Å²) in [5, 5.41) is 32.0. The number of nitrogens with two attached hydrogens (primary N) is 1. The summed E-state index contributed by atoms with van der Waals surface area (Å²) < 4.78 is 0. The van der Waals surface area contributed by atoms with Gasteiger partial charge < -0.3 is 26.0 Å². The van der Waals surface area contributed by atoms with Crippen LogP contribution >= 0.6 is 0 Å². The summed E-state index contributed by atoms with van der Waals surface area (Å²) >= 11 is 0. The third-order valence-corrected chi connectivity index (χ3v) is 7.77. The van der Waals surface area contributed by atoms with Crippen molar-refractivity contribution >= 4 is 34.7 Å². The van der Waals surface area contributed by atoms with Crippen LogP contribution in [0.25, 0.3) is 0 Å². The van der Waals surface area contributed by atoms with Crippen molar-refractivity contribution in [2.75, 3.05) is 33.1 Å². The van der Waals surface area contributed by atoms with E-state index in [0.717, 1.165) is 0 Å². The predicted octanol–water partition coefficient (Wildman–Crippen LogP) is -1.57. The minimum absolute atomic E-state index is 0.0146. The van der Waals surface area contributed by atoms with Crippen LogP contribution in [-0.2, 0) is 32.2 Å². The van der Waals surface area contributed by atoms with Gasteiger partial charge in [-0.1, -0.05) is 0 Å². The molecule has 1 aromatic carbocycles. The topological polar surface area (TPSA) is 179 Å². The van der Waals surface area contributed by atoms with E-state index in [-0.39, 0.29) is 24.0 Å². The third-order valence-electron chi connectivity index (χ3n) is 7.77. The van der Waals surface area contributed by atoms with Gasteiger partial charge in [-0.15, -0.1) is 0 Å². The van der Waals surface area contributed by atoms with Gasteiger partial charge in [0.15, 0.2) is 34.7 Å². The van der Waals surface area contributed by atoms with Gasteiger partial charge in [-0.2, -0.15) is 0 Å². The second-order valence-electron chi connectivity index (χ2n) is 10.1. The average Bonchev–Trinajstić information content (AvgIpc) is 2.75. The Morgan fingerprint density at radius 1 is 1.14 bits per heavy atom. The first-order chi connectivity index (χ1) is 16.3. The maximum Gasteiger partial charge on any atom is 0.235 e. The largest absolute Gasteiger partial charge is 0.507 e. The molecular weight excluding hydrogens is 458 g/mol. The molecule has 11 nitrogen and oxygen atoms in total. The van der Waals surface area contributed by atoms with E-state index in [9.17, 15) is 39.3 Å². The van der Waals surface area contributed by atoms with E-state index in [4.69, 9.17) is 5.73 Å². The number of carbonyl (C=O) groups excluding carboxylic acids is 5. The molecule has 0 bridgehead atoms. The van der Waals surface area contributed by atoms with Gasteiger partial charge in [0.2, 0.25) is 5.91 Å². The van der Waals surface area contributed by atoms with E-state index in [0.29, 0.717) is 11.3 Å². The molecule has 1 amide bonds. The molecule has 2 fully saturated rings. The number of nitrogens with zero attached hydrogens (tertiary/aromatic N) is 2. The zero-order valence-electron chi connectivity index (χ0n) is 19.9. The lowest BCUT2D eigenvalue weighted by molar-refractivity contribution is -0.181. The van der Waals surface area contributed by atoms with Gasteiger partial charge in [0.05, 0.1) is 24.1 Å². The Morgan fingerprint density at radius 3 is 2.29 bits per heavy atom. The molecule has 0 radical (unpaired) electrons. The van der Waals surface area contributed by atoms with Crippen molar-refractivity contribution in [3.05, 3.63) is 22.8 Å². The molecule has 0 spiro atoms. The van der Waals surface area contributed by atoms with Crippen LogP contribution in [0.15, 0.2) is 6.07 Å². The summed E-state index contributed by atoms with van der Waals surface area (Å²) in [5.74, 6) is -11.0. The molecule has 3 unspecified atom stereocenters. The van der Waals surface area contributed by atoms with Crippen LogP contribution in [0.3, 0.4) is 0 Å². The highest BCUT2D eigenvalue weighted by Crippen LogP contribution is 2.52. The zero-order valence-corrected chi connectivity index (χ0v) is 19.9. The number of phenols is 1. The van der Waals surface area contributed by atoms with E-state index < -0.39 is 76.7 Å². The van der Waals surface area contributed by atoms with Gasteiger partial charge in [-0.25, -0.2) is 0 Å². The normalized spacial score (nSPS) is 32.3. The smallest absolute Gasteiger partial charge is 0.235 e. The van der Waals surface area contributed by atoms with E-state index in [1.165, 1.54) is 19.0 Å². The second kappa shape index (κ2) is 8.21. The first kappa shape index (κ1) is 25.0. The van der Waals surface area contributed by atoms with Crippen LogP contribution in [-0.4, -0.2) is 89.1 Å². The van der Waals surface area contributed by atoms with Gasteiger partial charge in [0.1, 0.15) is 5.75 Å². The van der Waals surface area contributed by atoms with E-state index in [2.05, 4.69) is 0 Å². The fraction of sp³-hybridized carbons (Fsp3) is 0.542. The third kappa shape index (κ3) is 3.25. The number of benzene rings is 1. The Kier molecular flexibility index (Phi) is 5.86. The Bertz CT molecular complexity index is 1180. The van der Waals surface area contributed by atoms with Gasteiger partial charge in [-0.3, -0.25) is 28.9 Å². The number of hydrogen-bond acceptors (Lipinski definition) is 10. The minimum atomic E-state index is -2.76. The van der Waals surface area contributed by atoms with Crippen molar-refractivity contribution in [3.8, 4) is 5.75 Å². The summed E-state index contributed by atoms with van der Waals surface area (Å²) in [7, 11) is 6.54. The van der Waals surface area contributed by atoms with Crippen LogP contribution in [0.5, 0.6) is 5.75 Å². The number of primary amides is 1. The Morgan fingerprint density at radius 2 is 1.77 bits per heavy atom. The predicted molar refractivity (Wildman–Crippen MR) is 122 cm³/mol. The first-order valence-electron chi connectivity index (χ1n) is 11.3. The number of carbonyl (C=O) groups is 5. The summed E-state index contributed by atoms with van der Waals surface area (Å²) in [5.41, 5.74) is 3.58.